The van der Waals surface area contributed by atoms with E-state index in [4.69, 9.17) is 18.6 Å². The van der Waals surface area contributed by atoms with Gasteiger partial charge in [-0.1, -0.05) is 0 Å². The highest BCUT2D eigenvalue weighted by Gasteiger charge is 2.41. The minimum atomic E-state index is -4.94. The van der Waals surface area contributed by atoms with Crippen molar-refractivity contribution in [3.63, 3.8) is 0 Å². The zero-order valence-electron chi connectivity index (χ0n) is 8.66. The maximum absolute atomic E-state index is 8.49. The van der Waals surface area contributed by atoms with Crippen LogP contribution in [0.4, 0.5) is 0 Å². The summed E-state index contributed by atoms with van der Waals surface area (Å²) in [6.07, 6.45) is 6.72. The maximum Gasteiger partial charge on any atom is 0.0784 e. The molecule has 3 aliphatic heterocycles. The molecule has 0 aromatic carbocycles. The lowest BCUT2D eigenvalue weighted by atomic mass is 9.87. The fourth-order valence-corrected chi connectivity index (χ4v) is 3.19. The normalized spacial score (nSPS) is 34.6. The molecule has 0 aromatic heterocycles. The fourth-order valence-electron chi connectivity index (χ4n) is 2.27. The summed E-state index contributed by atoms with van der Waals surface area (Å²) in [5, 5.41) is 0. The van der Waals surface area contributed by atoms with E-state index in [9.17, 15) is 0 Å². The Balaban J connectivity index is 0.000000195. The molecule has 2 bridgehead atoms. The highest BCUT2D eigenvalue weighted by Crippen LogP contribution is 2.36. The Hall–Kier alpha value is 0.440. The zero-order chi connectivity index (χ0) is 11.5. The molecular weight excluding hydrogens is 242 g/mol. The van der Waals surface area contributed by atoms with Crippen LogP contribution in [0.25, 0.3) is 0 Å². The molecule has 3 saturated heterocycles. The van der Waals surface area contributed by atoms with Gasteiger partial charge in [0.05, 0.1) is 19.6 Å². The molecule has 0 aromatic rings. The van der Waals surface area contributed by atoms with Crippen LogP contribution in [0.3, 0.4) is 0 Å². The Labute approximate surface area is 95.8 Å². The first-order chi connectivity index (χ1) is 6.85. The van der Waals surface area contributed by atoms with Gasteiger partial charge in [0.2, 0.25) is 0 Å². The first kappa shape index (κ1) is 13.5. The second kappa shape index (κ2) is 5.18. The third kappa shape index (κ3) is 4.86. The second-order valence-electron chi connectivity index (χ2n) is 4.02. The largest absolute Gasteiger partial charge is 0.335 e. The number of fused-ring (bicyclic) bond motifs is 3. The number of halogens is 1. The highest BCUT2D eigenvalue weighted by molar-refractivity contribution is 8.00. The van der Waals surface area contributed by atoms with Crippen LogP contribution < -0.4 is 23.5 Å². The predicted molar refractivity (Wildman–Crippen MR) is 45.7 cm³/mol. The van der Waals surface area contributed by atoms with Crippen molar-refractivity contribution in [3.8, 4) is 0 Å². The van der Waals surface area contributed by atoms with Crippen LogP contribution in [-0.4, -0.2) is 30.6 Å². The average Bonchev–Trinajstić information content (AvgIpc) is 2.18. The first-order valence-electron chi connectivity index (χ1n) is 4.85. The maximum atomic E-state index is 8.49. The predicted octanol–water partition coefficient (Wildman–Crippen LogP) is -4.59. The molecular formula is C8H16ClNO4S. The summed E-state index contributed by atoms with van der Waals surface area (Å²) < 4.78 is 34.7. The summed E-state index contributed by atoms with van der Waals surface area (Å²) in [7, 11) is -4.94. The van der Waals surface area contributed by atoms with Crippen LogP contribution in [0.5, 0.6) is 0 Å². The molecule has 90 valence electrons. The van der Waals surface area contributed by atoms with Gasteiger partial charge in [0.1, 0.15) is 0 Å². The van der Waals surface area contributed by atoms with Crippen LogP contribution in [0, 0.1) is 10.2 Å². The van der Waals surface area contributed by atoms with E-state index >= 15 is 0 Å². The molecule has 7 heteroatoms. The van der Waals surface area contributed by atoms with Crippen molar-refractivity contribution in [1.82, 2.24) is 0 Å². The van der Waals surface area contributed by atoms with Crippen molar-refractivity contribution >= 4 is 11.8 Å². The van der Waals surface area contributed by atoms with Gasteiger partial charge in [-0.3, -0.25) is 0 Å². The Morgan fingerprint density at radius 2 is 1.33 bits per heavy atom. The van der Waals surface area contributed by atoms with Gasteiger partial charge < -0.3 is 4.90 Å². The Kier molecular flexibility index (Phi) is 4.66. The molecule has 5 nitrogen and oxygen atoms in total. The lowest BCUT2D eigenvalue weighted by molar-refractivity contribution is -2.00. The van der Waals surface area contributed by atoms with Gasteiger partial charge in [-0.25, -0.2) is 18.6 Å². The van der Waals surface area contributed by atoms with Gasteiger partial charge in [-0.05, 0) is 6.26 Å². The third-order valence-corrected chi connectivity index (χ3v) is 4.71. The molecule has 1 N–H and O–H groups in total. The van der Waals surface area contributed by atoms with Gasteiger partial charge in [-0.15, -0.1) is 10.2 Å². The smallest absolute Gasteiger partial charge is 0.0784 e. The minimum absolute atomic E-state index is 0.724. The highest BCUT2D eigenvalue weighted by atomic mass is 35.7. The summed E-state index contributed by atoms with van der Waals surface area (Å²) in [5.74, 6) is 0. The van der Waals surface area contributed by atoms with Crippen molar-refractivity contribution in [3.05, 3.63) is 0 Å². The summed E-state index contributed by atoms with van der Waals surface area (Å²) >= 11 is 2.12. The van der Waals surface area contributed by atoms with Gasteiger partial charge in [0.25, 0.3) is 0 Å². The van der Waals surface area contributed by atoms with E-state index in [1.807, 2.05) is 4.90 Å². The molecule has 0 unspecified atom stereocenters. The molecule has 15 heavy (non-hydrogen) atoms. The van der Waals surface area contributed by atoms with Crippen LogP contribution >= 0.6 is 11.8 Å². The number of quaternary nitrogens is 1. The summed E-state index contributed by atoms with van der Waals surface area (Å²) in [6, 6.07) is 0. The monoisotopic (exact) mass is 257 g/mol. The standard InChI is InChI=1S/C8H15NS.ClHO4/c1-10-8-2-5-9(6-3-8)7-4-8;2-1(3,4)5/h2-7H2,1H3;(H,2,3,4,5). The van der Waals surface area contributed by atoms with E-state index in [1.165, 1.54) is 38.9 Å². The first-order valence-corrected chi connectivity index (χ1v) is 7.31. The van der Waals surface area contributed by atoms with Gasteiger partial charge in [0.15, 0.2) is 0 Å². The lowest BCUT2D eigenvalue weighted by Crippen LogP contribution is -3.15. The van der Waals surface area contributed by atoms with Crippen molar-refractivity contribution in [2.75, 3.05) is 25.9 Å². The number of thioether (sulfide) groups is 1. The SMILES string of the molecule is CSC12CC[NH+](CC1)CC2.[O-][Cl+3]([O-])([O-])[O-]. The molecule has 0 amide bonds. The second-order valence-corrected chi connectivity index (χ2v) is 6.05. The van der Waals surface area contributed by atoms with Crippen molar-refractivity contribution < 1.29 is 33.8 Å². The van der Waals surface area contributed by atoms with Crippen LogP contribution in [0.2, 0.25) is 0 Å². The van der Waals surface area contributed by atoms with E-state index in [1.54, 1.807) is 0 Å². The van der Waals surface area contributed by atoms with E-state index in [-0.39, 0.29) is 0 Å². The molecule has 0 spiro atoms. The number of nitrogens with one attached hydrogen (secondary N) is 1. The molecule has 3 fully saturated rings. The fraction of sp³-hybridized carbons (Fsp3) is 1.00. The van der Waals surface area contributed by atoms with E-state index in [0.29, 0.717) is 0 Å². The zero-order valence-corrected chi connectivity index (χ0v) is 10.2. The van der Waals surface area contributed by atoms with Crippen molar-refractivity contribution in [1.29, 1.82) is 0 Å². The third-order valence-electron chi connectivity index (χ3n) is 3.24. The number of hydrogen-bond donors (Lipinski definition) is 1. The van der Waals surface area contributed by atoms with Gasteiger partial charge in [0, 0.05) is 24.0 Å². The van der Waals surface area contributed by atoms with E-state index < -0.39 is 10.2 Å². The van der Waals surface area contributed by atoms with Crippen molar-refractivity contribution in [2.45, 2.75) is 24.0 Å². The summed E-state index contributed by atoms with van der Waals surface area (Å²) in [5.41, 5.74) is 0. The number of hydrogen-bond acceptors (Lipinski definition) is 5. The quantitative estimate of drug-likeness (QED) is 0.510. The van der Waals surface area contributed by atoms with Crippen molar-refractivity contribution in [2.24, 2.45) is 0 Å². The Bertz CT molecular complexity index is 184. The molecule has 0 radical (unpaired) electrons. The summed E-state index contributed by atoms with van der Waals surface area (Å²) in [4.78, 5) is 1.86. The Morgan fingerprint density at radius 1 is 1.00 bits per heavy atom. The van der Waals surface area contributed by atoms with Crippen LogP contribution in [0.1, 0.15) is 19.3 Å². The topological polar surface area (TPSA) is 96.7 Å². The number of rotatable bonds is 1. The average molecular weight is 258 g/mol. The van der Waals surface area contributed by atoms with Crippen LogP contribution in [-0.2, 0) is 0 Å². The molecule has 0 aliphatic carbocycles. The minimum Gasteiger partial charge on any atom is -0.335 e. The molecule has 0 atom stereocenters. The molecule has 0 saturated carbocycles. The van der Waals surface area contributed by atoms with Gasteiger partial charge in [-0.2, -0.15) is 11.8 Å². The molecule has 3 rings (SSSR count). The number of piperidine rings is 3. The van der Waals surface area contributed by atoms with Gasteiger partial charge >= 0.3 is 0 Å². The Morgan fingerprint density at radius 3 is 1.53 bits per heavy atom. The molecule has 3 heterocycles. The van der Waals surface area contributed by atoms with Crippen LogP contribution in [0.15, 0.2) is 0 Å². The van der Waals surface area contributed by atoms with E-state index in [0.717, 1.165) is 4.75 Å². The van der Waals surface area contributed by atoms with E-state index in [2.05, 4.69) is 18.0 Å². The lowest BCUT2D eigenvalue weighted by Gasteiger charge is -2.44. The summed E-state index contributed by atoms with van der Waals surface area (Å²) in [6.45, 7) is 4.34. The molecule has 3 aliphatic rings.